The SMILES string of the molecule is COCCN(CCCc1ccccc1)C(=O)CCCn1cnc2cc(OC)c(OC)cc2c1=O. The number of amides is 1. The summed E-state index contributed by atoms with van der Waals surface area (Å²) in [4.78, 5) is 32.0. The first-order valence-corrected chi connectivity index (χ1v) is 11.5. The van der Waals surface area contributed by atoms with E-state index in [2.05, 4.69) is 17.1 Å². The first-order valence-electron chi connectivity index (χ1n) is 11.5. The smallest absolute Gasteiger partial charge is 0.261 e. The van der Waals surface area contributed by atoms with Crippen LogP contribution in [0, 0.1) is 0 Å². The van der Waals surface area contributed by atoms with Crippen LogP contribution in [0.5, 0.6) is 11.5 Å². The summed E-state index contributed by atoms with van der Waals surface area (Å²) >= 11 is 0. The molecule has 0 aliphatic heterocycles. The fourth-order valence-corrected chi connectivity index (χ4v) is 3.88. The molecule has 0 aliphatic carbocycles. The molecule has 0 N–H and O–H groups in total. The van der Waals surface area contributed by atoms with E-state index in [0.29, 0.717) is 61.5 Å². The largest absolute Gasteiger partial charge is 0.493 e. The highest BCUT2D eigenvalue weighted by Crippen LogP contribution is 2.29. The average molecular weight is 468 g/mol. The van der Waals surface area contributed by atoms with Crippen molar-refractivity contribution in [1.29, 1.82) is 0 Å². The molecule has 0 radical (unpaired) electrons. The molecule has 0 fully saturated rings. The van der Waals surface area contributed by atoms with Gasteiger partial charge in [0, 0.05) is 39.2 Å². The minimum atomic E-state index is -0.169. The van der Waals surface area contributed by atoms with Crippen molar-refractivity contribution in [3.63, 3.8) is 0 Å². The fraction of sp³-hybridized carbons (Fsp3) is 0.423. The van der Waals surface area contributed by atoms with Gasteiger partial charge in [-0.15, -0.1) is 0 Å². The van der Waals surface area contributed by atoms with E-state index in [-0.39, 0.29) is 11.5 Å². The maximum absolute atomic E-state index is 12.9. The molecular formula is C26H33N3O5. The van der Waals surface area contributed by atoms with E-state index in [0.717, 1.165) is 12.8 Å². The van der Waals surface area contributed by atoms with Crippen molar-refractivity contribution in [2.75, 3.05) is 41.0 Å². The zero-order chi connectivity index (χ0) is 24.3. The van der Waals surface area contributed by atoms with Gasteiger partial charge in [0.05, 0.1) is 38.1 Å². The number of methoxy groups -OCH3 is 3. The number of fused-ring (bicyclic) bond motifs is 1. The number of ether oxygens (including phenoxy) is 3. The molecule has 2 aromatic carbocycles. The third kappa shape index (κ3) is 6.57. The van der Waals surface area contributed by atoms with Crippen LogP contribution in [0.2, 0.25) is 0 Å². The second-order valence-corrected chi connectivity index (χ2v) is 8.03. The summed E-state index contributed by atoms with van der Waals surface area (Å²) in [6, 6.07) is 13.6. The molecular weight excluding hydrogens is 434 g/mol. The lowest BCUT2D eigenvalue weighted by atomic mass is 10.1. The maximum atomic E-state index is 12.9. The van der Waals surface area contributed by atoms with Gasteiger partial charge >= 0.3 is 0 Å². The molecule has 0 aliphatic rings. The number of aryl methyl sites for hydroxylation is 2. The van der Waals surface area contributed by atoms with Crippen LogP contribution >= 0.6 is 0 Å². The van der Waals surface area contributed by atoms with Crippen molar-refractivity contribution >= 4 is 16.8 Å². The number of carbonyl (C=O) groups is 1. The minimum Gasteiger partial charge on any atom is -0.493 e. The van der Waals surface area contributed by atoms with Gasteiger partial charge in [0.25, 0.3) is 5.56 Å². The Morgan fingerprint density at radius 2 is 1.74 bits per heavy atom. The molecule has 3 rings (SSSR count). The molecule has 182 valence electrons. The standard InChI is InChI=1S/C26H33N3O5/c1-32-16-15-28(13-7-11-20-9-5-4-6-10-20)25(30)12-8-14-29-19-27-22-18-24(34-3)23(33-2)17-21(22)26(29)31/h4-6,9-10,17-19H,7-8,11-16H2,1-3H3. The molecule has 0 spiro atoms. The number of benzene rings is 2. The van der Waals surface area contributed by atoms with Crippen LogP contribution in [-0.2, 0) is 22.5 Å². The van der Waals surface area contributed by atoms with Gasteiger partial charge < -0.3 is 19.1 Å². The van der Waals surface area contributed by atoms with Gasteiger partial charge in [-0.25, -0.2) is 4.98 Å². The van der Waals surface area contributed by atoms with E-state index in [4.69, 9.17) is 14.2 Å². The fourth-order valence-electron chi connectivity index (χ4n) is 3.88. The Bertz CT molecular complexity index is 1130. The van der Waals surface area contributed by atoms with Gasteiger partial charge in [0.15, 0.2) is 11.5 Å². The summed E-state index contributed by atoms with van der Waals surface area (Å²) in [7, 11) is 4.70. The van der Waals surface area contributed by atoms with Crippen LogP contribution < -0.4 is 15.0 Å². The van der Waals surface area contributed by atoms with Crippen LogP contribution in [0.3, 0.4) is 0 Å². The molecule has 0 saturated heterocycles. The van der Waals surface area contributed by atoms with Crippen molar-refractivity contribution in [3.05, 3.63) is 64.7 Å². The average Bonchev–Trinajstić information content (AvgIpc) is 2.87. The van der Waals surface area contributed by atoms with E-state index in [1.807, 2.05) is 23.1 Å². The Balaban J connectivity index is 1.59. The molecule has 3 aromatic rings. The third-order valence-electron chi connectivity index (χ3n) is 5.77. The van der Waals surface area contributed by atoms with E-state index in [1.54, 1.807) is 26.4 Å². The summed E-state index contributed by atoms with van der Waals surface area (Å²) < 4.78 is 17.3. The lowest BCUT2D eigenvalue weighted by Crippen LogP contribution is -2.35. The van der Waals surface area contributed by atoms with Crippen molar-refractivity contribution in [2.24, 2.45) is 0 Å². The number of aromatic nitrogens is 2. The second kappa shape index (κ2) is 12.7. The van der Waals surface area contributed by atoms with Crippen molar-refractivity contribution in [1.82, 2.24) is 14.5 Å². The number of carbonyl (C=O) groups excluding carboxylic acids is 1. The van der Waals surface area contributed by atoms with Crippen LogP contribution in [-0.4, -0.2) is 61.4 Å². The number of nitrogens with zero attached hydrogens (tertiary/aromatic N) is 3. The minimum absolute atomic E-state index is 0.0679. The quantitative estimate of drug-likeness (QED) is 0.384. The summed E-state index contributed by atoms with van der Waals surface area (Å²) in [5.41, 5.74) is 1.63. The first-order chi connectivity index (χ1) is 16.6. The van der Waals surface area contributed by atoms with Crippen LogP contribution in [0.1, 0.15) is 24.8 Å². The zero-order valence-corrected chi connectivity index (χ0v) is 20.2. The predicted octanol–water partition coefficient (Wildman–Crippen LogP) is 3.30. The van der Waals surface area contributed by atoms with Crippen LogP contribution in [0.4, 0.5) is 0 Å². The molecule has 0 bridgehead atoms. The van der Waals surface area contributed by atoms with Gasteiger partial charge in [-0.05, 0) is 30.9 Å². The van der Waals surface area contributed by atoms with Crippen LogP contribution in [0.25, 0.3) is 10.9 Å². The molecule has 0 atom stereocenters. The normalized spacial score (nSPS) is 10.9. The van der Waals surface area contributed by atoms with Crippen LogP contribution in [0.15, 0.2) is 53.6 Å². The number of hydrogen-bond acceptors (Lipinski definition) is 6. The Labute approximate surface area is 200 Å². The molecule has 8 nitrogen and oxygen atoms in total. The second-order valence-electron chi connectivity index (χ2n) is 8.03. The predicted molar refractivity (Wildman–Crippen MR) is 132 cm³/mol. The molecule has 1 heterocycles. The summed E-state index contributed by atoms with van der Waals surface area (Å²) in [6.45, 7) is 2.14. The van der Waals surface area contributed by atoms with Crippen molar-refractivity contribution in [3.8, 4) is 11.5 Å². The Hall–Kier alpha value is -3.39. The molecule has 8 heteroatoms. The highest BCUT2D eigenvalue weighted by atomic mass is 16.5. The van der Waals surface area contributed by atoms with Crippen molar-refractivity contribution in [2.45, 2.75) is 32.2 Å². The lowest BCUT2D eigenvalue weighted by molar-refractivity contribution is -0.132. The molecule has 34 heavy (non-hydrogen) atoms. The Morgan fingerprint density at radius 3 is 2.44 bits per heavy atom. The highest BCUT2D eigenvalue weighted by molar-refractivity contribution is 5.81. The third-order valence-corrected chi connectivity index (χ3v) is 5.77. The van der Waals surface area contributed by atoms with Gasteiger partial charge in [0.1, 0.15) is 0 Å². The molecule has 1 aromatic heterocycles. The van der Waals surface area contributed by atoms with Crippen molar-refractivity contribution < 1.29 is 19.0 Å². The molecule has 1 amide bonds. The number of rotatable bonds is 13. The molecule has 0 unspecified atom stereocenters. The van der Waals surface area contributed by atoms with Gasteiger partial charge in [0.2, 0.25) is 5.91 Å². The molecule has 0 saturated carbocycles. The van der Waals surface area contributed by atoms with Gasteiger partial charge in [-0.3, -0.25) is 14.2 Å². The lowest BCUT2D eigenvalue weighted by Gasteiger charge is -2.22. The topological polar surface area (TPSA) is 82.9 Å². The van der Waals surface area contributed by atoms with E-state index in [1.165, 1.54) is 23.6 Å². The maximum Gasteiger partial charge on any atom is 0.261 e. The monoisotopic (exact) mass is 467 g/mol. The van der Waals surface area contributed by atoms with E-state index in [9.17, 15) is 9.59 Å². The Kier molecular flexibility index (Phi) is 9.46. The van der Waals surface area contributed by atoms with E-state index >= 15 is 0 Å². The zero-order valence-electron chi connectivity index (χ0n) is 20.2. The van der Waals surface area contributed by atoms with E-state index < -0.39 is 0 Å². The highest BCUT2D eigenvalue weighted by Gasteiger charge is 2.14. The summed E-state index contributed by atoms with van der Waals surface area (Å²) in [5.74, 6) is 1.07. The van der Waals surface area contributed by atoms with Gasteiger partial charge in [-0.2, -0.15) is 0 Å². The summed E-state index contributed by atoms with van der Waals surface area (Å²) in [6.07, 6.45) is 4.22. The van der Waals surface area contributed by atoms with Gasteiger partial charge in [-0.1, -0.05) is 30.3 Å². The Morgan fingerprint density at radius 1 is 1.00 bits per heavy atom. The number of hydrogen-bond donors (Lipinski definition) is 0. The summed E-state index contributed by atoms with van der Waals surface area (Å²) in [5, 5.41) is 0.453. The first kappa shape index (κ1) is 25.2.